The fourth-order valence-corrected chi connectivity index (χ4v) is 3.95. The van der Waals surface area contributed by atoms with Crippen LogP contribution in [-0.4, -0.2) is 32.1 Å². The first-order valence-corrected chi connectivity index (χ1v) is 10.5. The highest BCUT2D eigenvalue weighted by atomic mass is 32.2. The molecule has 2 rings (SSSR count). The average Bonchev–Trinajstić information content (AvgIpc) is 2.53. The van der Waals surface area contributed by atoms with E-state index in [-0.39, 0.29) is 11.8 Å². The average molecular weight is 408 g/mol. The topological polar surface area (TPSA) is 67.4 Å². The van der Waals surface area contributed by atoms with Gasteiger partial charge in [0, 0.05) is 18.3 Å². The zero-order valence-corrected chi connectivity index (χ0v) is 16.6. The molecule has 5 nitrogen and oxygen atoms in total. The van der Waals surface area contributed by atoms with Gasteiger partial charge in [0.15, 0.2) is 0 Å². The molecule has 1 aliphatic carbocycles. The summed E-state index contributed by atoms with van der Waals surface area (Å²) < 4.78 is 66.7. The molecule has 0 amide bonds. The first-order chi connectivity index (χ1) is 12.4. The summed E-state index contributed by atoms with van der Waals surface area (Å²) in [7, 11) is -3.34. The summed E-state index contributed by atoms with van der Waals surface area (Å²) in [5.41, 5.74) is 0.722. The van der Waals surface area contributed by atoms with Crippen LogP contribution in [0.3, 0.4) is 0 Å². The van der Waals surface area contributed by atoms with Gasteiger partial charge in [-0.2, -0.15) is 0 Å². The minimum Gasteiger partial charge on any atom is -0.406 e. The van der Waals surface area contributed by atoms with Crippen molar-refractivity contribution in [1.82, 2.24) is 4.72 Å². The van der Waals surface area contributed by atoms with Crippen LogP contribution in [0.5, 0.6) is 5.75 Å². The molecule has 9 heteroatoms. The third-order valence-corrected chi connectivity index (χ3v) is 6.91. The van der Waals surface area contributed by atoms with Crippen LogP contribution in [0.25, 0.3) is 0 Å². The number of nitrogens with one attached hydrogen (secondary N) is 2. The highest BCUT2D eigenvalue weighted by Crippen LogP contribution is 2.28. The maximum absolute atomic E-state index is 12.2. The SMILES string of the molecule is CC(C)(C)S(=O)(=O)N[C@H]1CC[C@H](CNc2ccc(OC(F)(F)F)cc2)CC1. The largest absolute Gasteiger partial charge is 0.573 e. The molecule has 0 spiro atoms. The molecule has 0 aliphatic heterocycles. The van der Waals surface area contributed by atoms with E-state index in [4.69, 9.17) is 0 Å². The monoisotopic (exact) mass is 408 g/mol. The third kappa shape index (κ3) is 6.88. The molecule has 0 radical (unpaired) electrons. The fraction of sp³-hybridized carbons (Fsp3) is 0.667. The van der Waals surface area contributed by atoms with Gasteiger partial charge in [-0.25, -0.2) is 13.1 Å². The number of ether oxygens (including phenoxy) is 1. The summed E-state index contributed by atoms with van der Waals surface area (Å²) in [6, 6.07) is 5.60. The molecule has 0 unspecified atom stereocenters. The number of anilines is 1. The molecular weight excluding hydrogens is 381 g/mol. The van der Waals surface area contributed by atoms with Gasteiger partial charge in [-0.3, -0.25) is 0 Å². The zero-order chi connectivity index (χ0) is 20.3. The lowest BCUT2D eigenvalue weighted by molar-refractivity contribution is -0.274. The summed E-state index contributed by atoms with van der Waals surface area (Å²) in [6.07, 6.45) is -1.36. The van der Waals surface area contributed by atoms with Crippen molar-refractivity contribution in [3.63, 3.8) is 0 Å². The van der Waals surface area contributed by atoms with Crippen LogP contribution < -0.4 is 14.8 Å². The van der Waals surface area contributed by atoms with E-state index in [0.717, 1.165) is 31.4 Å². The zero-order valence-electron chi connectivity index (χ0n) is 15.8. The molecule has 27 heavy (non-hydrogen) atoms. The first-order valence-electron chi connectivity index (χ1n) is 8.97. The Morgan fingerprint density at radius 1 is 1.04 bits per heavy atom. The van der Waals surface area contributed by atoms with Gasteiger partial charge in [0.1, 0.15) is 5.75 Å². The summed E-state index contributed by atoms with van der Waals surface area (Å²) in [5, 5.41) is 3.22. The maximum atomic E-state index is 12.2. The minimum absolute atomic E-state index is 0.0377. The Hall–Kier alpha value is -1.48. The van der Waals surface area contributed by atoms with Gasteiger partial charge in [0.2, 0.25) is 10.0 Å². The number of sulfonamides is 1. The number of alkyl halides is 3. The van der Waals surface area contributed by atoms with Crippen LogP contribution >= 0.6 is 0 Å². The number of rotatable bonds is 6. The van der Waals surface area contributed by atoms with E-state index >= 15 is 0 Å². The van der Waals surface area contributed by atoms with Crippen molar-refractivity contribution in [2.45, 2.75) is 63.6 Å². The van der Waals surface area contributed by atoms with Crippen LogP contribution in [-0.2, 0) is 10.0 Å². The number of hydrogen-bond acceptors (Lipinski definition) is 4. The Kier molecular flexibility index (Phi) is 6.68. The van der Waals surface area contributed by atoms with Crippen molar-refractivity contribution in [2.75, 3.05) is 11.9 Å². The lowest BCUT2D eigenvalue weighted by atomic mass is 9.86. The summed E-state index contributed by atoms with van der Waals surface area (Å²) >= 11 is 0. The molecule has 1 aromatic rings. The lowest BCUT2D eigenvalue weighted by Gasteiger charge is -2.31. The normalized spacial score (nSPS) is 21.7. The fourth-order valence-electron chi connectivity index (χ4n) is 2.92. The van der Waals surface area contributed by atoms with E-state index in [1.165, 1.54) is 12.1 Å². The van der Waals surface area contributed by atoms with E-state index in [0.29, 0.717) is 12.5 Å². The van der Waals surface area contributed by atoms with E-state index in [1.54, 1.807) is 32.9 Å². The molecule has 154 valence electrons. The molecule has 0 saturated heterocycles. The van der Waals surface area contributed by atoms with Crippen LogP contribution in [0.15, 0.2) is 24.3 Å². The molecule has 1 aromatic carbocycles. The molecule has 0 aromatic heterocycles. The van der Waals surface area contributed by atoms with E-state index in [9.17, 15) is 21.6 Å². The van der Waals surface area contributed by atoms with E-state index in [2.05, 4.69) is 14.8 Å². The van der Waals surface area contributed by atoms with Gasteiger partial charge in [-0.15, -0.1) is 13.2 Å². The Morgan fingerprint density at radius 2 is 1.59 bits per heavy atom. The Morgan fingerprint density at radius 3 is 2.07 bits per heavy atom. The highest BCUT2D eigenvalue weighted by Gasteiger charge is 2.33. The van der Waals surface area contributed by atoms with E-state index < -0.39 is 21.1 Å². The molecule has 2 N–H and O–H groups in total. The Bertz CT molecular complexity index is 705. The third-order valence-electron chi connectivity index (χ3n) is 4.66. The van der Waals surface area contributed by atoms with Crippen LogP contribution in [0.2, 0.25) is 0 Å². The van der Waals surface area contributed by atoms with Crippen molar-refractivity contribution in [3.05, 3.63) is 24.3 Å². The first kappa shape index (κ1) is 21.8. The van der Waals surface area contributed by atoms with Crippen molar-refractivity contribution in [3.8, 4) is 5.75 Å². The molecular formula is C18H27F3N2O3S. The second kappa shape index (κ2) is 8.26. The molecule has 1 aliphatic rings. The van der Waals surface area contributed by atoms with Gasteiger partial charge in [0.05, 0.1) is 4.75 Å². The Balaban J connectivity index is 1.76. The molecule has 0 heterocycles. The van der Waals surface area contributed by atoms with Crippen molar-refractivity contribution in [2.24, 2.45) is 5.92 Å². The molecule has 0 atom stereocenters. The van der Waals surface area contributed by atoms with Crippen molar-refractivity contribution in [1.29, 1.82) is 0 Å². The van der Waals surface area contributed by atoms with Gasteiger partial charge in [-0.05, 0) is 76.6 Å². The van der Waals surface area contributed by atoms with Gasteiger partial charge in [0.25, 0.3) is 0 Å². The maximum Gasteiger partial charge on any atom is 0.573 e. The second-order valence-electron chi connectivity index (χ2n) is 7.90. The number of benzene rings is 1. The van der Waals surface area contributed by atoms with Crippen LogP contribution in [0, 0.1) is 5.92 Å². The standard InChI is InChI=1S/C18H27F3N2O3S/c1-17(2,3)27(24,25)23-15-6-4-13(5-7-15)12-22-14-8-10-16(11-9-14)26-18(19,20)21/h8-11,13,15,22-23H,4-7,12H2,1-3H3/t13-,15-. The van der Waals surface area contributed by atoms with Crippen molar-refractivity contribution >= 4 is 15.7 Å². The van der Waals surface area contributed by atoms with Gasteiger partial charge in [-0.1, -0.05) is 0 Å². The second-order valence-corrected chi connectivity index (χ2v) is 10.4. The van der Waals surface area contributed by atoms with Crippen molar-refractivity contribution < 1.29 is 26.3 Å². The van der Waals surface area contributed by atoms with Gasteiger partial charge >= 0.3 is 6.36 Å². The number of hydrogen-bond donors (Lipinski definition) is 2. The summed E-state index contributed by atoms with van der Waals surface area (Å²) in [5.74, 6) is 0.145. The molecule has 1 saturated carbocycles. The Labute approximate surface area is 158 Å². The van der Waals surface area contributed by atoms with Crippen LogP contribution in [0.1, 0.15) is 46.5 Å². The van der Waals surface area contributed by atoms with Gasteiger partial charge < -0.3 is 10.1 Å². The quantitative estimate of drug-likeness (QED) is 0.738. The summed E-state index contributed by atoms with van der Waals surface area (Å²) in [4.78, 5) is 0. The highest BCUT2D eigenvalue weighted by molar-refractivity contribution is 7.90. The smallest absolute Gasteiger partial charge is 0.406 e. The lowest BCUT2D eigenvalue weighted by Crippen LogP contribution is -2.46. The molecule has 1 fully saturated rings. The predicted octanol–water partition coefficient (Wildman–Crippen LogP) is 4.27. The minimum atomic E-state index is -4.69. The number of halogens is 3. The summed E-state index contributed by atoms with van der Waals surface area (Å²) in [6.45, 7) is 5.72. The van der Waals surface area contributed by atoms with E-state index in [1.807, 2.05) is 0 Å². The molecule has 0 bridgehead atoms. The predicted molar refractivity (Wildman–Crippen MR) is 99.2 cm³/mol. The van der Waals surface area contributed by atoms with Crippen LogP contribution in [0.4, 0.5) is 18.9 Å².